The number of fused-ring (bicyclic) bond motifs is 1. The van der Waals surface area contributed by atoms with Gasteiger partial charge >= 0.3 is 6.09 Å². The number of amides is 1. The van der Waals surface area contributed by atoms with Crippen LogP contribution in [0.1, 0.15) is 58.1 Å². The minimum absolute atomic E-state index is 0.169. The molecular formula is C17H25N5O2. The van der Waals surface area contributed by atoms with Crippen LogP contribution in [0.2, 0.25) is 0 Å². The quantitative estimate of drug-likeness (QED) is 0.882. The maximum atomic E-state index is 11.9. The number of carbonyl (C=O) groups excluding carboxylic acids is 1. The molecule has 2 aromatic heterocycles. The molecule has 0 spiro atoms. The number of hydrogen-bond acceptors (Lipinski definition) is 5. The van der Waals surface area contributed by atoms with Crippen molar-refractivity contribution in [1.29, 1.82) is 0 Å². The van der Waals surface area contributed by atoms with Gasteiger partial charge in [-0.25, -0.2) is 14.3 Å². The zero-order valence-electron chi connectivity index (χ0n) is 14.5. The van der Waals surface area contributed by atoms with Crippen molar-refractivity contribution >= 4 is 17.4 Å². The number of ether oxygens (including phenoxy) is 1. The third-order valence-corrected chi connectivity index (χ3v) is 4.38. The number of nitrogens with two attached hydrogens (primary N) is 1. The molecule has 0 unspecified atom stereocenters. The molecule has 2 heterocycles. The number of nitrogen functional groups attached to an aromatic ring is 1. The number of rotatable bonds is 2. The van der Waals surface area contributed by atoms with Crippen LogP contribution in [-0.4, -0.2) is 32.3 Å². The van der Waals surface area contributed by atoms with Gasteiger partial charge in [0.25, 0.3) is 0 Å². The van der Waals surface area contributed by atoms with Crippen molar-refractivity contribution in [3.8, 4) is 0 Å². The summed E-state index contributed by atoms with van der Waals surface area (Å²) in [5.41, 5.74) is 7.44. The van der Waals surface area contributed by atoms with E-state index in [4.69, 9.17) is 10.5 Å². The molecule has 7 heteroatoms. The van der Waals surface area contributed by atoms with Gasteiger partial charge in [0.15, 0.2) is 5.82 Å². The van der Waals surface area contributed by atoms with E-state index in [0.29, 0.717) is 11.7 Å². The van der Waals surface area contributed by atoms with E-state index in [1.807, 2.05) is 31.4 Å². The van der Waals surface area contributed by atoms with Gasteiger partial charge < -0.3 is 15.8 Å². The summed E-state index contributed by atoms with van der Waals surface area (Å²) < 4.78 is 7.21. The van der Waals surface area contributed by atoms with E-state index in [2.05, 4.69) is 21.5 Å². The second kappa shape index (κ2) is 6.30. The van der Waals surface area contributed by atoms with Gasteiger partial charge in [-0.15, -0.1) is 0 Å². The molecule has 0 atom stereocenters. The molecule has 7 nitrogen and oxygen atoms in total. The standard InChI is InChI=1S/C17H25N5O2/c1-17(2,3)24-16(23)21-12-6-4-11(5-7-12)13-8-9-14-15(18)19-10-20-22(13)14/h8-12H,4-7H2,1-3H3,(H,21,23)(H2,18,19,20). The Balaban J connectivity index is 1.61. The van der Waals surface area contributed by atoms with Gasteiger partial charge in [-0.05, 0) is 58.6 Å². The molecule has 130 valence electrons. The van der Waals surface area contributed by atoms with E-state index in [9.17, 15) is 4.79 Å². The molecule has 2 aromatic rings. The van der Waals surface area contributed by atoms with E-state index >= 15 is 0 Å². The van der Waals surface area contributed by atoms with Crippen molar-refractivity contribution in [3.63, 3.8) is 0 Å². The summed E-state index contributed by atoms with van der Waals surface area (Å²) in [6.45, 7) is 5.61. The molecule has 1 amide bonds. The third-order valence-electron chi connectivity index (χ3n) is 4.38. The fraction of sp³-hybridized carbons (Fsp3) is 0.588. The Labute approximate surface area is 141 Å². The van der Waals surface area contributed by atoms with Crippen molar-refractivity contribution in [2.45, 2.75) is 64.0 Å². The topological polar surface area (TPSA) is 94.5 Å². The van der Waals surface area contributed by atoms with E-state index in [1.165, 1.54) is 6.33 Å². The van der Waals surface area contributed by atoms with Crippen LogP contribution < -0.4 is 11.1 Å². The molecule has 3 rings (SSSR count). The Bertz CT molecular complexity index is 726. The Morgan fingerprint density at radius 2 is 2.00 bits per heavy atom. The largest absolute Gasteiger partial charge is 0.444 e. The van der Waals surface area contributed by atoms with Crippen LogP contribution in [0.25, 0.3) is 5.52 Å². The van der Waals surface area contributed by atoms with E-state index in [0.717, 1.165) is 36.9 Å². The number of alkyl carbamates (subject to hydrolysis) is 1. The Morgan fingerprint density at radius 1 is 1.29 bits per heavy atom. The third kappa shape index (κ3) is 3.60. The zero-order chi connectivity index (χ0) is 17.3. The van der Waals surface area contributed by atoms with Crippen molar-refractivity contribution in [2.75, 3.05) is 5.73 Å². The first-order chi connectivity index (χ1) is 11.3. The average molecular weight is 331 g/mol. The molecule has 0 aromatic carbocycles. The lowest BCUT2D eigenvalue weighted by Gasteiger charge is -2.30. The van der Waals surface area contributed by atoms with E-state index in [-0.39, 0.29) is 12.1 Å². The van der Waals surface area contributed by atoms with Crippen LogP contribution in [0.5, 0.6) is 0 Å². The smallest absolute Gasteiger partial charge is 0.407 e. The van der Waals surface area contributed by atoms with Crippen LogP contribution >= 0.6 is 0 Å². The van der Waals surface area contributed by atoms with Crippen molar-refractivity contribution in [2.24, 2.45) is 0 Å². The van der Waals surface area contributed by atoms with Gasteiger partial charge in [-0.1, -0.05) is 0 Å². The zero-order valence-corrected chi connectivity index (χ0v) is 14.5. The monoisotopic (exact) mass is 331 g/mol. The summed E-state index contributed by atoms with van der Waals surface area (Å²) >= 11 is 0. The lowest BCUT2D eigenvalue weighted by molar-refractivity contribution is 0.0491. The van der Waals surface area contributed by atoms with E-state index in [1.54, 1.807) is 0 Å². The molecule has 0 bridgehead atoms. The number of aromatic nitrogens is 3. The molecule has 24 heavy (non-hydrogen) atoms. The second-order valence-electron chi connectivity index (χ2n) is 7.40. The number of anilines is 1. The Hall–Kier alpha value is -2.31. The van der Waals surface area contributed by atoms with Crippen LogP contribution in [-0.2, 0) is 4.74 Å². The first-order valence-electron chi connectivity index (χ1n) is 8.41. The number of carbonyl (C=O) groups is 1. The molecule has 3 N–H and O–H groups in total. The average Bonchev–Trinajstić information content (AvgIpc) is 2.91. The number of hydrogen-bond donors (Lipinski definition) is 2. The first-order valence-corrected chi connectivity index (χ1v) is 8.41. The fourth-order valence-corrected chi connectivity index (χ4v) is 3.29. The summed E-state index contributed by atoms with van der Waals surface area (Å²) in [5, 5.41) is 7.29. The molecule has 0 saturated heterocycles. The highest BCUT2D eigenvalue weighted by atomic mass is 16.6. The highest BCUT2D eigenvalue weighted by Gasteiger charge is 2.27. The van der Waals surface area contributed by atoms with Crippen LogP contribution in [0.15, 0.2) is 18.5 Å². The van der Waals surface area contributed by atoms with Crippen molar-refractivity contribution in [1.82, 2.24) is 19.9 Å². The number of nitrogens with one attached hydrogen (secondary N) is 1. The Morgan fingerprint density at radius 3 is 2.67 bits per heavy atom. The Kier molecular flexibility index (Phi) is 4.34. The van der Waals surface area contributed by atoms with E-state index < -0.39 is 5.60 Å². The second-order valence-corrected chi connectivity index (χ2v) is 7.40. The minimum Gasteiger partial charge on any atom is -0.444 e. The van der Waals surface area contributed by atoms with Crippen LogP contribution in [0.4, 0.5) is 10.6 Å². The predicted molar refractivity (Wildman–Crippen MR) is 91.8 cm³/mol. The van der Waals surface area contributed by atoms with Gasteiger partial charge in [-0.2, -0.15) is 5.10 Å². The minimum atomic E-state index is -0.467. The highest BCUT2D eigenvalue weighted by Crippen LogP contribution is 2.34. The normalized spacial score (nSPS) is 21.6. The summed E-state index contributed by atoms with van der Waals surface area (Å²) in [4.78, 5) is 15.9. The van der Waals surface area contributed by atoms with Gasteiger partial charge in [0.1, 0.15) is 17.4 Å². The maximum Gasteiger partial charge on any atom is 0.407 e. The highest BCUT2D eigenvalue weighted by molar-refractivity contribution is 5.68. The van der Waals surface area contributed by atoms with Gasteiger partial charge in [0.05, 0.1) is 0 Å². The molecule has 0 radical (unpaired) electrons. The number of nitrogens with zero attached hydrogens (tertiary/aromatic N) is 3. The lowest BCUT2D eigenvalue weighted by atomic mass is 9.84. The fourth-order valence-electron chi connectivity index (χ4n) is 3.29. The van der Waals surface area contributed by atoms with Gasteiger partial charge in [0, 0.05) is 17.7 Å². The van der Waals surface area contributed by atoms with Gasteiger partial charge in [-0.3, -0.25) is 0 Å². The summed E-state index contributed by atoms with van der Waals surface area (Å²) in [6, 6.07) is 4.21. The SMILES string of the molecule is CC(C)(C)OC(=O)NC1CCC(c2ccc3c(N)ncnn23)CC1. The predicted octanol–water partition coefficient (Wildman–Crippen LogP) is 2.86. The summed E-state index contributed by atoms with van der Waals surface area (Å²) in [5.74, 6) is 0.912. The van der Waals surface area contributed by atoms with Crippen molar-refractivity contribution in [3.05, 3.63) is 24.2 Å². The molecule has 1 saturated carbocycles. The molecular weight excluding hydrogens is 306 g/mol. The summed E-state index contributed by atoms with van der Waals surface area (Å²) in [6.07, 6.45) is 5.00. The van der Waals surface area contributed by atoms with Crippen LogP contribution in [0, 0.1) is 0 Å². The van der Waals surface area contributed by atoms with Gasteiger partial charge in [0.2, 0.25) is 0 Å². The van der Waals surface area contributed by atoms with Crippen LogP contribution in [0.3, 0.4) is 0 Å². The summed E-state index contributed by atoms with van der Waals surface area (Å²) in [7, 11) is 0. The molecule has 0 aliphatic heterocycles. The molecule has 1 fully saturated rings. The molecule has 1 aliphatic carbocycles. The lowest BCUT2D eigenvalue weighted by Crippen LogP contribution is -2.40. The molecule has 1 aliphatic rings. The maximum absolute atomic E-state index is 11.9. The van der Waals surface area contributed by atoms with Crippen molar-refractivity contribution < 1.29 is 9.53 Å². The first kappa shape index (κ1) is 16.5.